The van der Waals surface area contributed by atoms with E-state index in [9.17, 15) is 9.59 Å². The summed E-state index contributed by atoms with van der Waals surface area (Å²) in [6.07, 6.45) is 0. The van der Waals surface area contributed by atoms with Crippen LogP contribution in [0.15, 0.2) is 22.7 Å². The maximum absolute atomic E-state index is 11.8. The van der Waals surface area contributed by atoms with E-state index >= 15 is 0 Å². The Balaban J connectivity index is 3.04. The summed E-state index contributed by atoms with van der Waals surface area (Å²) in [4.78, 5) is 27.6. The van der Waals surface area contributed by atoms with Gasteiger partial charge in [0, 0.05) is 29.7 Å². The lowest BCUT2D eigenvalue weighted by Gasteiger charge is -2.14. The van der Waals surface area contributed by atoms with Crippen molar-refractivity contribution >= 4 is 33.4 Å². The highest BCUT2D eigenvalue weighted by molar-refractivity contribution is 9.10. The topological polar surface area (TPSA) is 58.6 Å². The van der Waals surface area contributed by atoms with Crippen molar-refractivity contribution in [3.8, 4) is 0 Å². The molecule has 0 spiro atoms. The van der Waals surface area contributed by atoms with Crippen molar-refractivity contribution in [1.29, 1.82) is 0 Å². The third-order valence-corrected chi connectivity index (χ3v) is 2.48. The summed E-state index contributed by atoms with van der Waals surface area (Å²) < 4.78 is 0.705. The normalized spacial score (nSPS) is 9.88. The molecule has 0 radical (unpaired) electrons. The van der Waals surface area contributed by atoms with E-state index in [0.29, 0.717) is 15.7 Å². The smallest absolute Gasteiger partial charge is 0.277 e. The van der Waals surface area contributed by atoms with Crippen LogP contribution >= 0.6 is 15.9 Å². The van der Waals surface area contributed by atoms with Crippen molar-refractivity contribution in [3.63, 3.8) is 0 Å². The number of nitrogens with zero attached hydrogens (tertiary/aromatic N) is 1. The van der Waals surface area contributed by atoms with Gasteiger partial charge in [-0.15, -0.1) is 0 Å². The van der Waals surface area contributed by atoms with Crippen molar-refractivity contribution in [2.45, 2.75) is 6.92 Å². The van der Waals surface area contributed by atoms with Gasteiger partial charge in [-0.25, -0.2) is 5.06 Å². The van der Waals surface area contributed by atoms with E-state index < -0.39 is 0 Å². The van der Waals surface area contributed by atoms with Crippen molar-refractivity contribution < 1.29 is 14.4 Å². The van der Waals surface area contributed by atoms with E-state index in [1.54, 1.807) is 18.2 Å². The van der Waals surface area contributed by atoms with Crippen LogP contribution in [0.2, 0.25) is 0 Å². The van der Waals surface area contributed by atoms with Crippen molar-refractivity contribution in [1.82, 2.24) is 5.06 Å². The number of carbonyl (C=O) groups excluding carboxylic acids is 2. The van der Waals surface area contributed by atoms with E-state index in [2.05, 4.69) is 21.2 Å². The van der Waals surface area contributed by atoms with Crippen molar-refractivity contribution in [2.75, 3.05) is 19.5 Å². The van der Waals surface area contributed by atoms with Crippen LogP contribution < -0.4 is 5.32 Å². The van der Waals surface area contributed by atoms with Gasteiger partial charge in [0.1, 0.15) is 0 Å². The Bertz CT molecular complexity index is 448. The van der Waals surface area contributed by atoms with Crippen LogP contribution in [-0.2, 0) is 9.63 Å². The third-order valence-electron chi connectivity index (χ3n) is 2.02. The molecule has 0 aliphatic rings. The predicted molar refractivity (Wildman–Crippen MR) is 67.5 cm³/mol. The summed E-state index contributed by atoms with van der Waals surface area (Å²) in [7, 11) is 2.92. The summed E-state index contributed by atoms with van der Waals surface area (Å²) >= 11 is 3.28. The van der Waals surface area contributed by atoms with Crippen LogP contribution in [-0.4, -0.2) is 31.0 Å². The fourth-order valence-corrected chi connectivity index (χ4v) is 1.75. The Morgan fingerprint density at radius 3 is 2.53 bits per heavy atom. The molecule has 0 unspecified atom stereocenters. The average Bonchev–Trinajstić information content (AvgIpc) is 2.25. The molecular formula is C11H13BrN2O3. The Labute approximate surface area is 108 Å². The van der Waals surface area contributed by atoms with E-state index in [4.69, 9.17) is 4.84 Å². The van der Waals surface area contributed by atoms with Crippen molar-refractivity contribution in [3.05, 3.63) is 28.2 Å². The minimum Gasteiger partial charge on any atom is -0.326 e. The minimum absolute atomic E-state index is 0.193. The number of benzene rings is 1. The van der Waals surface area contributed by atoms with Crippen LogP contribution in [0.3, 0.4) is 0 Å². The van der Waals surface area contributed by atoms with Crippen LogP contribution in [0, 0.1) is 0 Å². The molecule has 0 bridgehead atoms. The number of rotatable bonds is 3. The van der Waals surface area contributed by atoms with Crippen LogP contribution in [0.5, 0.6) is 0 Å². The summed E-state index contributed by atoms with van der Waals surface area (Å²) in [6, 6.07) is 4.96. The van der Waals surface area contributed by atoms with E-state index in [1.165, 1.54) is 21.1 Å². The van der Waals surface area contributed by atoms with E-state index in [0.717, 1.165) is 5.06 Å². The van der Waals surface area contributed by atoms with Gasteiger partial charge in [0.2, 0.25) is 5.91 Å². The first-order valence-corrected chi connectivity index (χ1v) is 5.63. The van der Waals surface area contributed by atoms with Gasteiger partial charge in [-0.2, -0.15) is 0 Å². The molecule has 92 valence electrons. The lowest BCUT2D eigenvalue weighted by molar-refractivity contribution is -0.114. The molecule has 0 aliphatic carbocycles. The van der Waals surface area contributed by atoms with Gasteiger partial charge < -0.3 is 5.32 Å². The molecule has 1 aromatic rings. The average molecular weight is 301 g/mol. The molecule has 0 aromatic heterocycles. The number of nitrogens with one attached hydrogen (secondary N) is 1. The highest BCUT2D eigenvalue weighted by Gasteiger charge is 2.13. The second kappa shape index (κ2) is 5.79. The molecule has 1 aromatic carbocycles. The van der Waals surface area contributed by atoms with Gasteiger partial charge >= 0.3 is 0 Å². The first kappa shape index (κ1) is 13.7. The SMILES string of the molecule is CON(C)C(=O)c1cc(Br)cc(NC(C)=O)c1. The zero-order chi connectivity index (χ0) is 13.0. The fraction of sp³-hybridized carbons (Fsp3) is 0.273. The lowest BCUT2D eigenvalue weighted by atomic mass is 10.2. The van der Waals surface area contributed by atoms with Crippen molar-refractivity contribution in [2.24, 2.45) is 0 Å². The lowest BCUT2D eigenvalue weighted by Crippen LogP contribution is -2.25. The molecular weight excluding hydrogens is 288 g/mol. The standard InChI is InChI=1S/C11H13BrN2O3/c1-7(15)13-10-5-8(4-9(12)6-10)11(16)14(2)17-3/h4-6H,1-3H3,(H,13,15). The maximum atomic E-state index is 11.8. The molecule has 6 heteroatoms. The molecule has 5 nitrogen and oxygen atoms in total. The number of hydrogen-bond donors (Lipinski definition) is 1. The number of halogens is 1. The molecule has 0 atom stereocenters. The summed E-state index contributed by atoms with van der Waals surface area (Å²) in [5.41, 5.74) is 0.979. The van der Waals surface area contributed by atoms with Crippen LogP contribution in [0.4, 0.5) is 5.69 Å². The quantitative estimate of drug-likeness (QED) is 0.869. The van der Waals surface area contributed by atoms with Crippen LogP contribution in [0.25, 0.3) is 0 Å². The number of hydroxylamine groups is 2. The molecule has 1 rings (SSSR count). The number of carbonyl (C=O) groups is 2. The van der Waals surface area contributed by atoms with Gasteiger partial charge in [0.05, 0.1) is 7.11 Å². The molecule has 0 heterocycles. The van der Waals surface area contributed by atoms with Gasteiger partial charge in [-0.05, 0) is 18.2 Å². The Morgan fingerprint density at radius 1 is 1.35 bits per heavy atom. The molecule has 0 fully saturated rings. The summed E-state index contributed by atoms with van der Waals surface area (Å²) in [5, 5.41) is 3.73. The van der Waals surface area contributed by atoms with E-state index in [1.807, 2.05) is 0 Å². The van der Waals surface area contributed by atoms with Gasteiger partial charge in [0.25, 0.3) is 5.91 Å². The Morgan fingerprint density at radius 2 is 2.00 bits per heavy atom. The largest absolute Gasteiger partial charge is 0.326 e. The van der Waals surface area contributed by atoms with Gasteiger partial charge in [0.15, 0.2) is 0 Å². The summed E-state index contributed by atoms with van der Waals surface area (Å²) in [5.74, 6) is -0.484. The fourth-order valence-electron chi connectivity index (χ4n) is 1.25. The van der Waals surface area contributed by atoms with Gasteiger partial charge in [-0.1, -0.05) is 15.9 Å². The first-order chi connectivity index (χ1) is 7.93. The molecule has 0 saturated carbocycles. The highest BCUT2D eigenvalue weighted by Crippen LogP contribution is 2.20. The second-order valence-electron chi connectivity index (χ2n) is 3.39. The monoisotopic (exact) mass is 300 g/mol. The zero-order valence-electron chi connectivity index (χ0n) is 9.78. The predicted octanol–water partition coefficient (Wildman–Crippen LogP) is 2.04. The van der Waals surface area contributed by atoms with Crippen LogP contribution in [0.1, 0.15) is 17.3 Å². The Kier molecular flexibility index (Phi) is 4.65. The third kappa shape index (κ3) is 3.83. The molecule has 0 saturated heterocycles. The van der Waals surface area contributed by atoms with E-state index in [-0.39, 0.29) is 11.8 Å². The second-order valence-corrected chi connectivity index (χ2v) is 4.31. The highest BCUT2D eigenvalue weighted by atomic mass is 79.9. The van der Waals surface area contributed by atoms with Gasteiger partial charge in [-0.3, -0.25) is 14.4 Å². The minimum atomic E-state index is -0.291. The summed E-state index contributed by atoms with van der Waals surface area (Å²) in [6.45, 7) is 1.41. The maximum Gasteiger partial charge on any atom is 0.277 e. The molecule has 0 aliphatic heterocycles. The number of hydrogen-bond acceptors (Lipinski definition) is 3. The zero-order valence-corrected chi connectivity index (χ0v) is 11.4. The Hall–Kier alpha value is -1.40. The molecule has 1 N–H and O–H groups in total. The molecule has 2 amide bonds. The first-order valence-electron chi connectivity index (χ1n) is 4.84. The number of amides is 2. The molecule has 17 heavy (non-hydrogen) atoms. The number of anilines is 1.